The number of Topliss-reactive ketones (excluding diaryl/α,β-unsaturated/α-hetero) is 1. The summed E-state index contributed by atoms with van der Waals surface area (Å²) in [7, 11) is 0. The zero-order valence-corrected chi connectivity index (χ0v) is 6.94. The Kier molecular flexibility index (Phi) is 2.12. The fourth-order valence-electron chi connectivity index (χ4n) is 1.67. The van der Waals surface area contributed by atoms with Crippen molar-refractivity contribution in [3.8, 4) is 0 Å². The van der Waals surface area contributed by atoms with Crippen molar-refractivity contribution >= 4 is 5.78 Å². The van der Waals surface area contributed by atoms with Gasteiger partial charge >= 0.3 is 0 Å². The minimum absolute atomic E-state index is 0.343. The van der Waals surface area contributed by atoms with E-state index in [9.17, 15) is 4.79 Å². The van der Waals surface area contributed by atoms with E-state index in [4.69, 9.17) is 0 Å². The molecule has 1 nitrogen and oxygen atoms in total. The van der Waals surface area contributed by atoms with Gasteiger partial charge in [-0.1, -0.05) is 20.3 Å². The molecule has 1 fully saturated rings. The molecule has 0 unspecified atom stereocenters. The molecule has 0 amide bonds. The third-order valence-electron chi connectivity index (χ3n) is 2.71. The summed E-state index contributed by atoms with van der Waals surface area (Å²) < 4.78 is 0. The maximum atomic E-state index is 11.0. The Bertz CT molecular complexity index is 140. The molecule has 0 spiro atoms. The summed E-state index contributed by atoms with van der Waals surface area (Å²) in [5.41, 5.74) is 0.343. The minimum atomic E-state index is 0.343. The standard InChI is InChI=1S/C9H16O/c1-3-9(2)6-4-5-8(10)7-9/h3-7H2,1-2H3/t9-/m1/s1. The van der Waals surface area contributed by atoms with E-state index in [1.807, 2.05) is 0 Å². The molecule has 0 N–H and O–H groups in total. The second-order valence-corrected chi connectivity index (χ2v) is 3.73. The number of rotatable bonds is 1. The summed E-state index contributed by atoms with van der Waals surface area (Å²) in [4.78, 5) is 11.0. The van der Waals surface area contributed by atoms with Crippen LogP contribution in [0.5, 0.6) is 0 Å². The summed E-state index contributed by atoms with van der Waals surface area (Å²) in [6, 6.07) is 0. The highest BCUT2D eigenvalue weighted by Crippen LogP contribution is 2.36. The van der Waals surface area contributed by atoms with Gasteiger partial charge in [0, 0.05) is 12.8 Å². The van der Waals surface area contributed by atoms with Crippen molar-refractivity contribution in [3.05, 3.63) is 0 Å². The molecule has 0 aliphatic heterocycles. The summed E-state index contributed by atoms with van der Waals surface area (Å²) >= 11 is 0. The van der Waals surface area contributed by atoms with Crippen LogP contribution in [0.2, 0.25) is 0 Å². The Morgan fingerprint density at radius 1 is 1.60 bits per heavy atom. The van der Waals surface area contributed by atoms with Gasteiger partial charge in [-0.25, -0.2) is 0 Å². The average Bonchev–Trinajstić information content (AvgIpc) is 1.88. The molecule has 10 heavy (non-hydrogen) atoms. The van der Waals surface area contributed by atoms with Gasteiger partial charge in [0.15, 0.2) is 0 Å². The Labute approximate surface area is 62.8 Å². The molecule has 58 valence electrons. The van der Waals surface area contributed by atoms with Crippen LogP contribution in [0.15, 0.2) is 0 Å². The number of hydrogen-bond acceptors (Lipinski definition) is 1. The highest BCUT2D eigenvalue weighted by molar-refractivity contribution is 5.79. The lowest BCUT2D eigenvalue weighted by molar-refractivity contribution is -0.123. The first-order chi connectivity index (χ1) is 4.66. The van der Waals surface area contributed by atoms with E-state index in [0.29, 0.717) is 11.2 Å². The van der Waals surface area contributed by atoms with Crippen molar-refractivity contribution in [3.63, 3.8) is 0 Å². The fourth-order valence-corrected chi connectivity index (χ4v) is 1.67. The molecule has 1 aliphatic carbocycles. The Morgan fingerprint density at radius 2 is 2.30 bits per heavy atom. The van der Waals surface area contributed by atoms with Gasteiger partial charge < -0.3 is 0 Å². The van der Waals surface area contributed by atoms with Gasteiger partial charge in [-0.05, 0) is 18.3 Å². The molecule has 1 heteroatoms. The third kappa shape index (κ3) is 1.59. The van der Waals surface area contributed by atoms with Gasteiger partial charge in [-0.15, -0.1) is 0 Å². The smallest absolute Gasteiger partial charge is 0.133 e. The average molecular weight is 140 g/mol. The molecule has 0 aromatic carbocycles. The SMILES string of the molecule is CC[C@]1(C)CCCC(=O)C1. The Morgan fingerprint density at radius 3 is 2.70 bits per heavy atom. The van der Waals surface area contributed by atoms with Crippen molar-refractivity contribution in [2.24, 2.45) is 5.41 Å². The summed E-state index contributed by atoms with van der Waals surface area (Å²) in [5.74, 6) is 0.468. The lowest BCUT2D eigenvalue weighted by atomic mass is 9.73. The molecule has 0 aromatic rings. The molecule has 0 radical (unpaired) electrons. The normalized spacial score (nSPS) is 34.4. The molecule has 1 aliphatic rings. The number of ketones is 1. The Balaban J connectivity index is 2.53. The van der Waals surface area contributed by atoms with Crippen LogP contribution in [0.4, 0.5) is 0 Å². The van der Waals surface area contributed by atoms with Crippen molar-refractivity contribution in [2.45, 2.75) is 46.0 Å². The molecule has 0 bridgehead atoms. The lowest BCUT2D eigenvalue weighted by Gasteiger charge is -2.31. The van der Waals surface area contributed by atoms with Crippen LogP contribution < -0.4 is 0 Å². The first-order valence-electron chi connectivity index (χ1n) is 4.18. The molecule has 0 saturated heterocycles. The van der Waals surface area contributed by atoms with E-state index in [0.717, 1.165) is 25.7 Å². The van der Waals surface area contributed by atoms with E-state index in [1.54, 1.807) is 0 Å². The molecule has 0 heterocycles. The van der Waals surface area contributed by atoms with Crippen LogP contribution in [0, 0.1) is 5.41 Å². The zero-order chi connectivity index (χ0) is 7.61. The number of hydrogen-bond donors (Lipinski definition) is 0. The van der Waals surface area contributed by atoms with Crippen molar-refractivity contribution < 1.29 is 4.79 Å². The first-order valence-corrected chi connectivity index (χ1v) is 4.18. The van der Waals surface area contributed by atoms with E-state index in [1.165, 1.54) is 6.42 Å². The van der Waals surface area contributed by atoms with E-state index >= 15 is 0 Å². The monoisotopic (exact) mass is 140 g/mol. The molecule has 0 aromatic heterocycles. The molecule has 1 saturated carbocycles. The van der Waals surface area contributed by atoms with Crippen LogP contribution in [0.25, 0.3) is 0 Å². The van der Waals surface area contributed by atoms with Gasteiger partial charge in [0.2, 0.25) is 0 Å². The quantitative estimate of drug-likeness (QED) is 0.547. The largest absolute Gasteiger partial charge is 0.300 e. The predicted octanol–water partition coefficient (Wildman–Crippen LogP) is 2.55. The van der Waals surface area contributed by atoms with Gasteiger partial charge in [-0.2, -0.15) is 0 Å². The van der Waals surface area contributed by atoms with Crippen LogP contribution in [-0.2, 0) is 4.79 Å². The highest BCUT2D eigenvalue weighted by atomic mass is 16.1. The zero-order valence-electron chi connectivity index (χ0n) is 6.94. The predicted molar refractivity (Wildman–Crippen MR) is 41.9 cm³/mol. The van der Waals surface area contributed by atoms with Crippen LogP contribution >= 0.6 is 0 Å². The molecule has 1 atom stereocenters. The van der Waals surface area contributed by atoms with Gasteiger partial charge in [0.25, 0.3) is 0 Å². The van der Waals surface area contributed by atoms with Gasteiger partial charge in [0.1, 0.15) is 5.78 Å². The number of carbonyl (C=O) groups excluding carboxylic acids is 1. The van der Waals surface area contributed by atoms with Crippen molar-refractivity contribution in [2.75, 3.05) is 0 Å². The van der Waals surface area contributed by atoms with E-state index in [-0.39, 0.29) is 0 Å². The lowest BCUT2D eigenvalue weighted by Crippen LogP contribution is -2.24. The fraction of sp³-hybridized carbons (Fsp3) is 0.889. The van der Waals surface area contributed by atoms with Crippen molar-refractivity contribution in [1.82, 2.24) is 0 Å². The molecule has 1 rings (SSSR count). The topological polar surface area (TPSA) is 17.1 Å². The molecular weight excluding hydrogens is 124 g/mol. The first kappa shape index (κ1) is 7.77. The highest BCUT2D eigenvalue weighted by Gasteiger charge is 2.28. The second kappa shape index (κ2) is 2.73. The van der Waals surface area contributed by atoms with E-state index in [2.05, 4.69) is 13.8 Å². The second-order valence-electron chi connectivity index (χ2n) is 3.73. The van der Waals surface area contributed by atoms with Gasteiger partial charge in [0.05, 0.1) is 0 Å². The summed E-state index contributed by atoms with van der Waals surface area (Å²) in [5, 5.41) is 0. The maximum absolute atomic E-state index is 11.0. The minimum Gasteiger partial charge on any atom is -0.300 e. The Hall–Kier alpha value is -0.330. The van der Waals surface area contributed by atoms with Crippen LogP contribution in [0.1, 0.15) is 46.0 Å². The van der Waals surface area contributed by atoms with Crippen molar-refractivity contribution in [1.29, 1.82) is 0 Å². The summed E-state index contributed by atoms with van der Waals surface area (Å²) in [6.07, 6.45) is 5.16. The van der Waals surface area contributed by atoms with Gasteiger partial charge in [-0.3, -0.25) is 4.79 Å². The van der Waals surface area contributed by atoms with E-state index < -0.39 is 0 Å². The van der Waals surface area contributed by atoms with Crippen LogP contribution in [-0.4, -0.2) is 5.78 Å². The maximum Gasteiger partial charge on any atom is 0.133 e. The van der Waals surface area contributed by atoms with Crippen LogP contribution in [0.3, 0.4) is 0 Å². The molecular formula is C9H16O. The summed E-state index contributed by atoms with van der Waals surface area (Å²) in [6.45, 7) is 4.41. The number of carbonyl (C=O) groups is 1. The third-order valence-corrected chi connectivity index (χ3v) is 2.71.